The second kappa shape index (κ2) is 5.86. The quantitative estimate of drug-likeness (QED) is 0.878. The lowest BCUT2D eigenvalue weighted by molar-refractivity contribution is 0.0920. The number of piperidine rings is 1. The van der Waals surface area contributed by atoms with Gasteiger partial charge in [0.2, 0.25) is 0 Å². The molecule has 2 heterocycles. The Morgan fingerprint density at radius 2 is 2.28 bits per heavy atom. The van der Waals surface area contributed by atoms with Gasteiger partial charge in [0.1, 0.15) is 0 Å². The third-order valence-electron chi connectivity index (χ3n) is 3.29. The second-order valence-corrected chi connectivity index (χ2v) is 4.37. The third-order valence-corrected chi connectivity index (χ3v) is 3.29. The van der Waals surface area contributed by atoms with E-state index in [4.69, 9.17) is 4.74 Å². The Balaban J connectivity index is 1.92. The highest BCUT2D eigenvalue weighted by Crippen LogP contribution is 2.24. The van der Waals surface area contributed by atoms with Crippen molar-refractivity contribution in [2.75, 3.05) is 19.7 Å². The van der Waals surface area contributed by atoms with Gasteiger partial charge in [-0.25, -0.2) is 9.78 Å². The second-order valence-electron chi connectivity index (χ2n) is 4.37. The topological polar surface area (TPSA) is 67.6 Å². The van der Waals surface area contributed by atoms with Crippen molar-refractivity contribution in [2.45, 2.75) is 32.4 Å². The minimum Gasteiger partial charge on any atom is -0.450 e. The van der Waals surface area contributed by atoms with E-state index in [2.05, 4.69) is 4.98 Å². The van der Waals surface area contributed by atoms with E-state index >= 15 is 0 Å². The molecule has 18 heavy (non-hydrogen) atoms. The monoisotopic (exact) mass is 253 g/mol. The Labute approximate surface area is 106 Å². The van der Waals surface area contributed by atoms with Gasteiger partial charge in [0, 0.05) is 19.1 Å². The Bertz CT molecular complexity index is 397. The van der Waals surface area contributed by atoms with Crippen LogP contribution in [0.4, 0.5) is 4.79 Å². The molecule has 0 radical (unpaired) electrons. The average Bonchev–Trinajstić information content (AvgIpc) is 2.87. The van der Waals surface area contributed by atoms with E-state index < -0.39 is 0 Å². The number of imidazole rings is 1. The molecule has 1 amide bonds. The number of hydrogen-bond donors (Lipinski definition) is 1. The lowest BCUT2D eigenvalue weighted by Gasteiger charge is -2.32. The van der Waals surface area contributed by atoms with Crippen LogP contribution in [0.3, 0.4) is 0 Å². The molecule has 1 aliphatic rings. The molecule has 1 N–H and O–H groups in total. The molecule has 1 saturated heterocycles. The summed E-state index contributed by atoms with van der Waals surface area (Å²) in [6.07, 6.45) is 4.92. The molecular formula is C12H19N3O3. The molecule has 1 aromatic rings. The number of carbonyl (C=O) groups excluding carboxylic acids is 1. The van der Waals surface area contributed by atoms with Crippen molar-refractivity contribution in [1.29, 1.82) is 0 Å². The van der Waals surface area contributed by atoms with Gasteiger partial charge in [0.15, 0.2) is 0 Å². The van der Waals surface area contributed by atoms with Gasteiger partial charge in [-0.1, -0.05) is 0 Å². The predicted molar refractivity (Wildman–Crippen MR) is 65.0 cm³/mol. The maximum atomic E-state index is 11.6. The van der Waals surface area contributed by atoms with Gasteiger partial charge in [-0.2, -0.15) is 0 Å². The molecule has 0 aromatic carbocycles. The van der Waals surface area contributed by atoms with E-state index in [0.717, 1.165) is 18.5 Å². The number of likely N-dealkylation sites (tertiary alicyclic amines) is 1. The largest absolute Gasteiger partial charge is 0.450 e. The van der Waals surface area contributed by atoms with Crippen LogP contribution in [0, 0.1) is 0 Å². The number of aliphatic hydroxyl groups is 1. The van der Waals surface area contributed by atoms with Gasteiger partial charge in [-0.15, -0.1) is 0 Å². The number of nitrogens with zero attached hydrogens (tertiary/aromatic N) is 3. The molecule has 1 aliphatic heterocycles. The van der Waals surface area contributed by atoms with Crippen LogP contribution in [0.15, 0.2) is 12.5 Å². The first-order chi connectivity index (χ1) is 8.76. The van der Waals surface area contributed by atoms with E-state index in [0.29, 0.717) is 25.7 Å². The van der Waals surface area contributed by atoms with Crippen LogP contribution in [-0.4, -0.2) is 45.3 Å². The van der Waals surface area contributed by atoms with Crippen molar-refractivity contribution in [3.8, 4) is 0 Å². The van der Waals surface area contributed by atoms with Crippen molar-refractivity contribution in [2.24, 2.45) is 0 Å². The Morgan fingerprint density at radius 1 is 1.56 bits per heavy atom. The van der Waals surface area contributed by atoms with Gasteiger partial charge in [-0.05, 0) is 19.8 Å². The van der Waals surface area contributed by atoms with E-state index in [1.807, 2.05) is 11.5 Å². The molecule has 6 heteroatoms. The number of amides is 1. The van der Waals surface area contributed by atoms with Crippen molar-refractivity contribution in [3.63, 3.8) is 0 Å². The zero-order valence-electron chi connectivity index (χ0n) is 10.6. The van der Waals surface area contributed by atoms with Gasteiger partial charge in [0.25, 0.3) is 0 Å². The maximum Gasteiger partial charge on any atom is 0.409 e. The van der Waals surface area contributed by atoms with Crippen LogP contribution in [0.25, 0.3) is 0 Å². The van der Waals surface area contributed by atoms with Gasteiger partial charge in [0.05, 0.1) is 31.4 Å². The number of ether oxygens (including phenoxy) is 1. The number of aliphatic hydroxyl groups excluding tert-OH is 1. The molecule has 0 unspecified atom stereocenters. The fourth-order valence-electron chi connectivity index (χ4n) is 2.32. The highest BCUT2D eigenvalue weighted by Gasteiger charge is 2.25. The summed E-state index contributed by atoms with van der Waals surface area (Å²) in [7, 11) is 0. The average molecular weight is 253 g/mol. The summed E-state index contributed by atoms with van der Waals surface area (Å²) in [4.78, 5) is 17.3. The summed E-state index contributed by atoms with van der Waals surface area (Å²) < 4.78 is 6.98. The van der Waals surface area contributed by atoms with Gasteiger partial charge < -0.3 is 19.3 Å². The summed E-state index contributed by atoms with van der Waals surface area (Å²) in [6, 6.07) is 0.306. The normalized spacial score (nSPS) is 16.9. The SMILES string of the molecule is CCOC(=O)N1CCC(n2cncc2CO)CC1. The highest BCUT2D eigenvalue weighted by molar-refractivity contribution is 5.67. The lowest BCUT2D eigenvalue weighted by atomic mass is 10.1. The molecule has 0 bridgehead atoms. The van der Waals surface area contributed by atoms with Gasteiger partial charge in [-0.3, -0.25) is 0 Å². The summed E-state index contributed by atoms with van der Waals surface area (Å²) in [6.45, 7) is 3.59. The van der Waals surface area contributed by atoms with Crippen LogP contribution in [0.5, 0.6) is 0 Å². The molecule has 1 fully saturated rings. The van der Waals surface area contributed by atoms with Crippen LogP contribution in [-0.2, 0) is 11.3 Å². The smallest absolute Gasteiger partial charge is 0.409 e. The van der Waals surface area contributed by atoms with E-state index in [1.54, 1.807) is 17.4 Å². The molecule has 2 rings (SSSR count). The van der Waals surface area contributed by atoms with E-state index in [-0.39, 0.29) is 12.7 Å². The number of aromatic nitrogens is 2. The lowest BCUT2D eigenvalue weighted by Crippen LogP contribution is -2.39. The molecule has 0 spiro atoms. The number of rotatable bonds is 3. The van der Waals surface area contributed by atoms with Crippen molar-refractivity contribution in [3.05, 3.63) is 18.2 Å². The summed E-state index contributed by atoms with van der Waals surface area (Å²) in [5.41, 5.74) is 0.824. The summed E-state index contributed by atoms with van der Waals surface area (Å²) >= 11 is 0. The predicted octanol–water partition coefficient (Wildman–Crippen LogP) is 1.17. The fraction of sp³-hybridized carbons (Fsp3) is 0.667. The molecule has 0 aliphatic carbocycles. The fourth-order valence-corrected chi connectivity index (χ4v) is 2.32. The minimum atomic E-state index is -0.232. The standard InChI is InChI=1S/C12H19N3O3/c1-2-18-12(17)14-5-3-10(4-6-14)15-9-13-7-11(15)8-16/h7,9-10,16H,2-6,8H2,1H3. The first-order valence-electron chi connectivity index (χ1n) is 6.29. The Hall–Kier alpha value is -1.56. The first-order valence-corrected chi connectivity index (χ1v) is 6.29. The Kier molecular flexibility index (Phi) is 4.19. The minimum absolute atomic E-state index is 0.00189. The van der Waals surface area contributed by atoms with Crippen LogP contribution >= 0.6 is 0 Å². The zero-order valence-corrected chi connectivity index (χ0v) is 10.6. The number of carbonyl (C=O) groups is 1. The Morgan fingerprint density at radius 3 is 2.89 bits per heavy atom. The summed E-state index contributed by atoms with van der Waals surface area (Å²) in [5.74, 6) is 0. The van der Waals surface area contributed by atoms with Crippen LogP contribution < -0.4 is 0 Å². The molecule has 100 valence electrons. The van der Waals surface area contributed by atoms with Crippen molar-refractivity contribution < 1.29 is 14.6 Å². The maximum absolute atomic E-state index is 11.6. The highest BCUT2D eigenvalue weighted by atomic mass is 16.6. The van der Waals surface area contributed by atoms with E-state index in [1.165, 1.54) is 0 Å². The first kappa shape index (κ1) is 12.9. The van der Waals surface area contributed by atoms with Gasteiger partial charge >= 0.3 is 6.09 Å². The summed E-state index contributed by atoms with van der Waals surface area (Å²) in [5, 5.41) is 9.20. The van der Waals surface area contributed by atoms with Crippen LogP contribution in [0.2, 0.25) is 0 Å². The zero-order chi connectivity index (χ0) is 13.0. The molecule has 6 nitrogen and oxygen atoms in total. The molecule has 1 aromatic heterocycles. The van der Waals surface area contributed by atoms with E-state index in [9.17, 15) is 9.90 Å². The van der Waals surface area contributed by atoms with Crippen molar-refractivity contribution in [1.82, 2.24) is 14.5 Å². The molecule has 0 saturated carbocycles. The molecule has 0 atom stereocenters. The number of hydrogen-bond acceptors (Lipinski definition) is 4. The van der Waals surface area contributed by atoms with Crippen molar-refractivity contribution >= 4 is 6.09 Å². The third kappa shape index (κ3) is 2.64. The molecular weight excluding hydrogens is 234 g/mol. The van der Waals surface area contributed by atoms with Crippen LogP contribution in [0.1, 0.15) is 31.5 Å².